The molecular formula is C29H18F8O. The van der Waals surface area contributed by atoms with E-state index in [1.165, 1.54) is 42.5 Å². The Morgan fingerprint density at radius 3 is 1.87 bits per heavy atom. The van der Waals surface area contributed by atoms with E-state index in [1.54, 1.807) is 6.08 Å². The van der Waals surface area contributed by atoms with Crippen LogP contribution >= 0.6 is 0 Å². The highest BCUT2D eigenvalue weighted by Gasteiger charge is 2.37. The van der Waals surface area contributed by atoms with Crippen LogP contribution in [0.1, 0.15) is 17.5 Å². The molecule has 0 amide bonds. The highest BCUT2D eigenvalue weighted by Crippen LogP contribution is 2.36. The van der Waals surface area contributed by atoms with E-state index in [0.717, 1.165) is 12.1 Å². The molecule has 0 aliphatic rings. The van der Waals surface area contributed by atoms with Gasteiger partial charge in [-0.05, 0) is 59.4 Å². The Bertz CT molecular complexity index is 1470. The van der Waals surface area contributed by atoms with E-state index in [4.69, 9.17) is 0 Å². The first kappa shape index (κ1) is 26.9. The van der Waals surface area contributed by atoms with Gasteiger partial charge in [-0.25, -0.2) is 26.3 Å². The number of allylic oxidation sites excluding steroid dienone is 1. The van der Waals surface area contributed by atoms with Gasteiger partial charge in [-0.15, -0.1) is 6.58 Å². The summed E-state index contributed by atoms with van der Waals surface area (Å²) in [6, 6.07) is 12.1. The van der Waals surface area contributed by atoms with Gasteiger partial charge in [0.25, 0.3) is 0 Å². The monoisotopic (exact) mass is 534 g/mol. The number of alkyl halides is 2. The lowest BCUT2D eigenvalue weighted by Gasteiger charge is -2.19. The molecule has 0 unspecified atom stereocenters. The van der Waals surface area contributed by atoms with Crippen molar-refractivity contribution in [3.05, 3.63) is 125 Å². The number of ether oxygens (including phenoxy) is 1. The maximum Gasteiger partial charge on any atom is 0.427 e. The third-order valence-corrected chi connectivity index (χ3v) is 5.80. The molecule has 196 valence electrons. The van der Waals surface area contributed by atoms with Crippen LogP contribution in [-0.2, 0) is 12.5 Å². The molecule has 0 aliphatic carbocycles. The number of rotatable bonds is 8. The predicted molar refractivity (Wildman–Crippen MR) is 127 cm³/mol. The quantitative estimate of drug-likeness (QED) is 0.124. The first-order chi connectivity index (χ1) is 18.0. The van der Waals surface area contributed by atoms with Crippen molar-refractivity contribution in [1.82, 2.24) is 0 Å². The minimum Gasteiger partial charge on any atom is -0.426 e. The third kappa shape index (κ3) is 5.41. The van der Waals surface area contributed by atoms with Crippen LogP contribution in [0.4, 0.5) is 35.1 Å². The molecule has 0 bridgehead atoms. The first-order valence-corrected chi connectivity index (χ1v) is 11.2. The molecule has 0 aliphatic heterocycles. The molecule has 0 heterocycles. The SMILES string of the molecule is C=CCCc1ccc(-c2ccc(-c3ccc(OC(F)(F)c4cc(F)c(F)c(F)c4)c(F)c3)cc2)c(F)c1F. The summed E-state index contributed by atoms with van der Waals surface area (Å²) in [6.07, 6.45) is -1.98. The van der Waals surface area contributed by atoms with Crippen LogP contribution in [0.2, 0.25) is 0 Å². The fourth-order valence-corrected chi connectivity index (χ4v) is 3.79. The van der Waals surface area contributed by atoms with Gasteiger partial charge in [-0.3, -0.25) is 0 Å². The molecule has 4 rings (SSSR count). The van der Waals surface area contributed by atoms with Crippen LogP contribution in [-0.4, -0.2) is 0 Å². The number of hydrogen-bond donors (Lipinski definition) is 0. The van der Waals surface area contributed by atoms with Crippen LogP contribution in [0.25, 0.3) is 22.3 Å². The molecule has 0 radical (unpaired) electrons. The highest BCUT2D eigenvalue weighted by molar-refractivity contribution is 5.71. The van der Waals surface area contributed by atoms with Crippen molar-refractivity contribution < 1.29 is 39.9 Å². The van der Waals surface area contributed by atoms with Crippen LogP contribution in [0.5, 0.6) is 5.75 Å². The highest BCUT2D eigenvalue weighted by atomic mass is 19.3. The number of halogens is 8. The van der Waals surface area contributed by atoms with Gasteiger partial charge < -0.3 is 4.74 Å². The van der Waals surface area contributed by atoms with Gasteiger partial charge in [0.1, 0.15) is 0 Å². The Balaban J connectivity index is 1.55. The van der Waals surface area contributed by atoms with E-state index in [1.807, 2.05) is 0 Å². The van der Waals surface area contributed by atoms with E-state index >= 15 is 0 Å². The molecule has 0 aromatic heterocycles. The van der Waals surface area contributed by atoms with Crippen molar-refractivity contribution in [3.63, 3.8) is 0 Å². The second-order valence-electron chi connectivity index (χ2n) is 8.32. The standard InChI is InChI=1S/C29H18F8O/c1-2-3-4-18-9-11-21(27(34)26(18)33)17-7-5-16(6-8-17)19-10-12-25(22(30)13-19)38-29(36,37)20-14-23(31)28(35)24(32)15-20/h2,5-15H,1,3-4H2. The van der Waals surface area contributed by atoms with Gasteiger partial charge in [0.2, 0.25) is 0 Å². The second kappa shape index (κ2) is 10.7. The van der Waals surface area contributed by atoms with Gasteiger partial charge in [-0.2, -0.15) is 8.78 Å². The molecule has 4 aromatic rings. The smallest absolute Gasteiger partial charge is 0.426 e. The van der Waals surface area contributed by atoms with Gasteiger partial charge in [-0.1, -0.05) is 48.5 Å². The Morgan fingerprint density at radius 2 is 1.26 bits per heavy atom. The number of benzene rings is 4. The van der Waals surface area contributed by atoms with Crippen molar-refractivity contribution in [3.8, 4) is 28.0 Å². The van der Waals surface area contributed by atoms with Crippen LogP contribution in [0, 0.1) is 34.9 Å². The minimum atomic E-state index is -4.38. The molecule has 0 N–H and O–H groups in total. The topological polar surface area (TPSA) is 9.23 Å². The molecule has 0 atom stereocenters. The molecular weight excluding hydrogens is 516 g/mol. The Kier molecular flexibility index (Phi) is 7.57. The van der Waals surface area contributed by atoms with Crippen molar-refractivity contribution in [2.45, 2.75) is 19.0 Å². The maximum absolute atomic E-state index is 14.6. The van der Waals surface area contributed by atoms with E-state index in [2.05, 4.69) is 11.3 Å². The largest absolute Gasteiger partial charge is 0.427 e. The van der Waals surface area contributed by atoms with E-state index in [-0.39, 0.29) is 28.8 Å². The van der Waals surface area contributed by atoms with Gasteiger partial charge >= 0.3 is 6.11 Å². The number of hydrogen-bond acceptors (Lipinski definition) is 1. The summed E-state index contributed by atoms with van der Waals surface area (Å²) in [7, 11) is 0. The molecule has 9 heteroatoms. The van der Waals surface area contributed by atoms with Crippen LogP contribution < -0.4 is 4.74 Å². The Morgan fingerprint density at radius 1 is 0.658 bits per heavy atom. The van der Waals surface area contributed by atoms with Crippen LogP contribution in [0.3, 0.4) is 0 Å². The van der Waals surface area contributed by atoms with Crippen molar-refractivity contribution in [1.29, 1.82) is 0 Å². The first-order valence-electron chi connectivity index (χ1n) is 11.2. The van der Waals surface area contributed by atoms with E-state index < -0.39 is 52.3 Å². The van der Waals surface area contributed by atoms with E-state index in [0.29, 0.717) is 24.0 Å². The fourth-order valence-electron chi connectivity index (χ4n) is 3.79. The number of aryl methyl sites for hydroxylation is 1. The second-order valence-corrected chi connectivity index (χ2v) is 8.32. The molecule has 1 nitrogen and oxygen atoms in total. The summed E-state index contributed by atoms with van der Waals surface area (Å²) in [6.45, 7) is 3.56. The van der Waals surface area contributed by atoms with Gasteiger partial charge in [0, 0.05) is 5.56 Å². The lowest BCUT2D eigenvalue weighted by Crippen LogP contribution is -2.23. The molecule has 0 saturated heterocycles. The predicted octanol–water partition coefficient (Wildman–Crippen LogP) is 9.10. The van der Waals surface area contributed by atoms with E-state index in [9.17, 15) is 35.1 Å². The van der Waals surface area contributed by atoms with Crippen molar-refractivity contribution in [2.75, 3.05) is 0 Å². The lowest BCUT2D eigenvalue weighted by atomic mass is 9.98. The van der Waals surface area contributed by atoms with Crippen molar-refractivity contribution >= 4 is 0 Å². The summed E-state index contributed by atoms with van der Waals surface area (Å²) in [5.41, 5.74) is -0.0557. The molecule has 0 saturated carbocycles. The summed E-state index contributed by atoms with van der Waals surface area (Å²) < 4.78 is 117. The average molecular weight is 534 g/mol. The van der Waals surface area contributed by atoms with Gasteiger partial charge in [0.15, 0.2) is 40.7 Å². The van der Waals surface area contributed by atoms with Gasteiger partial charge in [0.05, 0.1) is 5.56 Å². The summed E-state index contributed by atoms with van der Waals surface area (Å²) in [4.78, 5) is 0. The molecule has 4 aromatic carbocycles. The Labute approximate surface area is 212 Å². The fraction of sp³-hybridized carbons (Fsp3) is 0.103. The Hall–Kier alpha value is -4.14. The third-order valence-electron chi connectivity index (χ3n) is 5.80. The normalized spacial score (nSPS) is 11.5. The molecule has 38 heavy (non-hydrogen) atoms. The summed E-state index contributed by atoms with van der Waals surface area (Å²) >= 11 is 0. The van der Waals surface area contributed by atoms with Crippen LogP contribution in [0.15, 0.2) is 79.4 Å². The zero-order chi connectivity index (χ0) is 27.6. The average Bonchev–Trinajstić information content (AvgIpc) is 2.89. The minimum absolute atomic E-state index is 0.0298. The van der Waals surface area contributed by atoms with Crippen molar-refractivity contribution in [2.24, 2.45) is 0 Å². The molecule has 0 spiro atoms. The lowest BCUT2D eigenvalue weighted by molar-refractivity contribution is -0.187. The maximum atomic E-state index is 14.6. The molecule has 0 fully saturated rings. The zero-order valence-electron chi connectivity index (χ0n) is 19.5. The summed E-state index contributed by atoms with van der Waals surface area (Å²) in [5, 5.41) is 0. The zero-order valence-corrected chi connectivity index (χ0v) is 19.5. The summed E-state index contributed by atoms with van der Waals surface area (Å²) in [5.74, 6) is -9.73.